The van der Waals surface area contributed by atoms with Gasteiger partial charge in [-0.3, -0.25) is 9.59 Å². The SMILES string of the molecule is Cc1cc(NC(C)(C)C)ncc1-c1sc(C(=O)N[C@H](C)C(C)(C)C)nc1C(=O)N1CCC[C@@H]1C. The van der Waals surface area contributed by atoms with Crippen LogP contribution in [0.2, 0.25) is 0 Å². The van der Waals surface area contributed by atoms with Crippen molar-refractivity contribution in [1.29, 1.82) is 0 Å². The summed E-state index contributed by atoms with van der Waals surface area (Å²) in [6, 6.07) is 2.10. The van der Waals surface area contributed by atoms with Crippen LogP contribution in [0.4, 0.5) is 5.82 Å². The second kappa shape index (κ2) is 9.64. The van der Waals surface area contributed by atoms with E-state index in [2.05, 4.69) is 69.1 Å². The Bertz CT molecular complexity index is 1060. The fourth-order valence-electron chi connectivity index (χ4n) is 3.84. The van der Waals surface area contributed by atoms with Gasteiger partial charge in [0.15, 0.2) is 5.01 Å². The number of hydrogen-bond donors (Lipinski definition) is 2. The number of nitrogens with one attached hydrogen (secondary N) is 2. The van der Waals surface area contributed by atoms with Gasteiger partial charge >= 0.3 is 0 Å². The molecule has 2 aromatic rings. The number of aryl methyl sites for hydroxylation is 1. The third kappa shape index (κ3) is 5.95. The molecule has 8 heteroatoms. The van der Waals surface area contributed by atoms with Crippen LogP contribution in [-0.2, 0) is 0 Å². The van der Waals surface area contributed by atoms with Gasteiger partial charge in [0.1, 0.15) is 11.5 Å². The van der Waals surface area contributed by atoms with E-state index in [0.29, 0.717) is 22.1 Å². The summed E-state index contributed by atoms with van der Waals surface area (Å²) in [6.07, 6.45) is 3.74. The number of aromatic nitrogens is 2. The Morgan fingerprint density at radius 1 is 1.21 bits per heavy atom. The van der Waals surface area contributed by atoms with Gasteiger partial charge in [-0.05, 0) is 71.4 Å². The molecule has 7 nitrogen and oxygen atoms in total. The molecule has 3 rings (SSSR count). The summed E-state index contributed by atoms with van der Waals surface area (Å²) in [5.74, 6) is 0.408. The van der Waals surface area contributed by atoms with Crippen LogP contribution in [0.15, 0.2) is 12.3 Å². The number of rotatable bonds is 5. The summed E-state index contributed by atoms with van der Waals surface area (Å²) in [5, 5.41) is 6.74. The maximum atomic E-state index is 13.5. The predicted molar refractivity (Wildman–Crippen MR) is 140 cm³/mol. The zero-order valence-electron chi connectivity index (χ0n) is 22.0. The van der Waals surface area contributed by atoms with E-state index in [9.17, 15) is 9.59 Å². The second-order valence-electron chi connectivity index (χ2n) is 11.5. The van der Waals surface area contributed by atoms with Crippen molar-refractivity contribution in [1.82, 2.24) is 20.2 Å². The molecule has 0 aliphatic carbocycles. The van der Waals surface area contributed by atoms with Crippen LogP contribution in [0, 0.1) is 12.3 Å². The monoisotopic (exact) mass is 485 g/mol. The highest BCUT2D eigenvalue weighted by Gasteiger charge is 2.32. The van der Waals surface area contributed by atoms with Gasteiger partial charge in [0.2, 0.25) is 0 Å². The number of pyridine rings is 1. The minimum absolute atomic E-state index is 0.0451. The van der Waals surface area contributed by atoms with Crippen LogP contribution in [-0.4, -0.2) is 50.8 Å². The number of anilines is 1. The summed E-state index contributed by atoms with van der Waals surface area (Å²) >= 11 is 1.26. The van der Waals surface area contributed by atoms with Gasteiger partial charge in [-0.2, -0.15) is 0 Å². The largest absolute Gasteiger partial charge is 0.365 e. The van der Waals surface area contributed by atoms with Crippen molar-refractivity contribution in [3.63, 3.8) is 0 Å². The zero-order chi connectivity index (χ0) is 25.4. The molecule has 186 valence electrons. The van der Waals surface area contributed by atoms with Crippen LogP contribution < -0.4 is 10.6 Å². The number of amides is 2. The second-order valence-corrected chi connectivity index (χ2v) is 12.5. The van der Waals surface area contributed by atoms with Gasteiger partial charge in [0, 0.05) is 35.9 Å². The van der Waals surface area contributed by atoms with Gasteiger partial charge in [0.05, 0.1) is 4.88 Å². The van der Waals surface area contributed by atoms with Crippen LogP contribution in [0.5, 0.6) is 0 Å². The van der Waals surface area contributed by atoms with E-state index < -0.39 is 0 Å². The molecular weight excluding hydrogens is 446 g/mol. The van der Waals surface area contributed by atoms with Crippen LogP contribution in [0.1, 0.15) is 94.1 Å². The molecule has 0 spiro atoms. The van der Waals surface area contributed by atoms with Gasteiger partial charge < -0.3 is 15.5 Å². The van der Waals surface area contributed by atoms with E-state index in [0.717, 1.165) is 29.8 Å². The van der Waals surface area contributed by atoms with Crippen molar-refractivity contribution in [2.75, 3.05) is 11.9 Å². The maximum absolute atomic E-state index is 13.5. The highest BCUT2D eigenvalue weighted by molar-refractivity contribution is 7.17. The Kier molecular flexibility index (Phi) is 7.41. The molecular formula is C26H39N5O2S. The molecule has 0 unspecified atom stereocenters. The van der Waals surface area contributed by atoms with E-state index in [-0.39, 0.29) is 34.9 Å². The Morgan fingerprint density at radius 2 is 1.88 bits per heavy atom. The molecule has 2 N–H and O–H groups in total. The highest BCUT2D eigenvalue weighted by Crippen LogP contribution is 2.35. The first kappa shape index (κ1) is 26.1. The first-order chi connectivity index (χ1) is 15.7. The van der Waals surface area contributed by atoms with Gasteiger partial charge in [-0.15, -0.1) is 11.3 Å². The third-order valence-corrected chi connectivity index (χ3v) is 7.43. The average molecular weight is 486 g/mol. The number of likely N-dealkylation sites (tertiary alicyclic amines) is 1. The molecule has 0 radical (unpaired) electrons. The summed E-state index contributed by atoms with van der Waals surface area (Å²) in [6.45, 7) is 19.2. The third-order valence-electron chi connectivity index (χ3n) is 6.34. The van der Waals surface area contributed by atoms with Gasteiger partial charge in [0.25, 0.3) is 11.8 Å². The molecule has 1 fully saturated rings. The first-order valence-electron chi connectivity index (χ1n) is 12.0. The zero-order valence-corrected chi connectivity index (χ0v) is 22.8. The molecule has 34 heavy (non-hydrogen) atoms. The number of thiazole rings is 1. The lowest BCUT2D eigenvalue weighted by molar-refractivity contribution is 0.0743. The molecule has 2 aromatic heterocycles. The smallest absolute Gasteiger partial charge is 0.280 e. The standard InChI is InChI=1S/C26H39N5O2S/c1-15-13-19(30-26(7,8)9)27-14-18(15)21-20(24(33)31-12-10-11-16(31)2)29-23(34-21)22(32)28-17(3)25(4,5)6/h13-14,16-17H,10-12H2,1-9H3,(H,27,30)(H,28,32)/t16-,17+/m0/s1. The fraction of sp³-hybridized carbons (Fsp3) is 0.615. The lowest BCUT2D eigenvalue weighted by Gasteiger charge is -2.27. The number of hydrogen-bond acceptors (Lipinski definition) is 6. The lowest BCUT2D eigenvalue weighted by atomic mass is 9.88. The molecule has 0 saturated carbocycles. The normalized spacial score (nSPS) is 17.6. The Hall–Kier alpha value is -2.48. The van der Waals surface area contributed by atoms with Crippen molar-refractivity contribution < 1.29 is 9.59 Å². The molecule has 3 heterocycles. The molecule has 0 bridgehead atoms. The molecule has 2 atom stereocenters. The van der Waals surface area contributed by atoms with E-state index in [1.54, 1.807) is 6.20 Å². The van der Waals surface area contributed by atoms with Crippen molar-refractivity contribution in [2.24, 2.45) is 5.41 Å². The lowest BCUT2D eigenvalue weighted by Crippen LogP contribution is -2.41. The molecule has 2 amide bonds. The number of carbonyl (C=O) groups excluding carboxylic acids is 2. The predicted octanol–water partition coefficient (Wildman–Crippen LogP) is 5.51. The van der Waals surface area contributed by atoms with Crippen molar-refractivity contribution in [2.45, 2.75) is 92.8 Å². The summed E-state index contributed by atoms with van der Waals surface area (Å²) in [7, 11) is 0. The molecule has 1 saturated heterocycles. The van der Waals surface area contributed by atoms with Gasteiger partial charge in [-0.25, -0.2) is 9.97 Å². The van der Waals surface area contributed by atoms with Crippen LogP contribution in [0.3, 0.4) is 0 Å². The first-order valence-corrected chi connectivity index (χ1v) is 12.9. The number of carbonyl (C=O) groups is 2. The topological polar surface area (TPSA) is 87.2 Å². The fourth-order valence-corrected chi connectivity index (χ4v) is 4.87. The summed E-state index contributed by atoms with van der Waals surface area (Å²) in [4.78, 5) is 38.4. The highest BCUT2D eigenvalue weighted by atomic mass is 32.1. The Labute approximate surface area is 207 Å². The summed E-state index contributed by atoms with van der Waals surface area (Å²) in [5.41, 5.74) is 1.94. The number of nitrogens with zero attached hydrogens (tertiary/aromatic N) is 3. The Morgan fingerprint density at radius 3 is 2.41 bits per heavy atom. The van der Waals surface area contributed by atoms with Crippen molar-refractivity contribution in [3.8, 4) is 10.4 Å². The summed E-state index contributed by atoms with van der Waals surface area (Å²) < 4.78 is 0. The van der Waals surface area contributed by atoms with Crippen LogP contribution in [0.25, 0.3) is 10.4 Å². The molecule has 0 aromatic carbocycles. The Balaban J connectivity index is 2.03. The van der Waals surface area contributed by atoms with E-state index in [4.69, 9.17) is 0 Å². The van der Waals surface area contributed by atoms with Crippen molar-refractivity contribution >= 4 is 29.0 Å². The maximum Gasteiger partial charge on any atom is 0.280 e. The minimum Gasteiger partial charge on any atom is -0.365 e. The van der Waals surface area contributed by atoms with Crippen LogP contribution >= 0.6 is 11.3 Å². The molecule has 1 aliphatic heterocycles. The van der Waals surface area contributed by atoms with E-state index in [1.807, 2.05) is 24.8 Å². The van der Waals surface area contributed by atoms with Gasteiger partial charge in [-0.1, -0.05) is 20.8 Å². The quantitative estimate of drug-likeness (QED) is 0.583. The van der Waals surface area contributed by atoms with E-state index in [1.165, 1.54) is 11.3 Å². The average Bonchev–Trinajstić information content (AvgIpc) is 3.32. The van der Waals surface area contributed by atoms with Crippen molar-refractivity contribution in [3.05, 3.63) is 28.5 Å². The molecule has 1 aliphatic rings. The van der Waals surface area contributed by atoms with E-state index >= 15 is 0 Å². The minimum atomic E-state index is -0.251.